The van der Waals surface area contributed by atoms with Crippen LogP contribution in [0.2, 0.25) is 0 Å². The highest BCUT2D eigenvalue weighted by Gasteiger charge is 2.08. The number of phenols is 1. The minimum absolute atomic E-state index is 0.124. The average molecular weight is 222 g/mol. The van der Waals surface area contributed by atoms with Crippen molar-refractivity contribution < 1.29 is 24.9 Å². The van der Waals surface area contributed by atoms with Gasteiger partial charge in [-0.2, -0.15) is 0 Å². The molecule has 0 aliphatic rings. The summed E-state index contributed by atoms with van der Waals surface area (Å²) in [7, 11) is 0. The van der Waals surface area contributed by atoms with Crippen LogP contribution in [0.1, 0.15) is 22.3 Å². The van der Waals surface area contributed by atoms with Crippen LogP contribution in [0.25, 0.3) is 6.08 Å². The quantitative estimate of drug-likeness (QED) is 0.718. The zero-order valence-electron chi connectivity index (χ0n) is 8.25. The van der Waals surface area contributed by atoms with Crippen molar-refractivity contribution in [3.8, 4) is 5.75 Å². The second-order valence-corrected chi connectivity index (χ2v) is 3.08. The van der Waals surface area contributed by atoms with Gasteiger partial charge >= 0.3 is 11.9 Å². The van der Waals surface area contributed by atoms with Crippen LogP contribution in [0.5, 0.6) is 5.75 Å². The molecule has 5 nitrogen and oxygen atoms in total. The summed E-state index contributed by atoms with van der Waals surface area (Å²) in [5.41, 5.74) is 0.360. The Balaban J connectivity index is 2.85. The number of benzene rings is 1. The van der Waals surface area contributed by atoms with Crippen LogP contribution in [0.15, 0.2) is 24.3 Å². The number of carboxylic acid groups (broad SMARTS) is 2. The Labute approximate surface area is 91.3 Å². The number of rotatable bonds is 4. The largest absolute Gasteiger partial charge is 0.507 e. The molecule has 0 fully saturated rings. The van der Waals surface area contributed by atoms with E-state index in [4.69, 9.17) is 10.2 Å². The van der Waals surface area contributed by atoms with E-state index >= 15 is 0 Å². The Morgan fingerprint density at radius 2 is 1.94 bits per heavy atom. The van der Waals surface area contributed by atoms with Crippen LogP contribution in [0, 0.1) is 0 Å². The van der Waals surface area contributed by atoms with E-state index in [-0.39, 0.29) is 17.7 Å². The van der Waals surface area contributed by atoms with Crippen LogP contribution in [0.4, 0.5) is 0 Å². The predicted octanol–water partition coefficient (Wildman–Crippen LogP) is 1.58. The number of aromatic carboxylic acids is 1. The second-order valence-electron chi connectivity index (χ2n) is 3.08. The Kier molecular flexibility index (Phi) is 3.66. The third-order valence-corrected chi connectivity index (χ3v) is 1.85. The number of hydrogen-bond acceptors (Lipinski definition) is 3. The standard InChI is InChI=1S/C11H10O5/c12-9-6-7(2-1-3-10(13)14)4-5-8(9)11(15)16/h1-2,4-6,12H,3H2,(H,13,14)(H,15,16). The number of carboxylic acids is 2. The molecule has 84 valence electrons. The molecule has 0 aliphatic carbocycles. The molecule has 0 amide bonds. The van der Waals surface area contributed by atoms with Crippen molar-refractivity contribution in [2.45, 2.75) is 6.42 Å². The monoisotopic (exact) mass is 222 g/mol. The number of carbonyl (C=O) groups is 2. The van der Waals surface area contributed by atoms with Gasteiger partial charge in [-0.25, -0.2) is 4.79 Å². The van der Waals surface area contributed by atoms with Crippen LogP contribution in [-0.4, -0.2) is 27.3 Å². The van der Waals surface area contributed by atoms with Gasteiger partial charge in [-0.1, -0.05) is 18.2 Å². The Hall–Kier alpha value is -2.30. The molecule has 5 heteroatoms. The number of aromatic hydroxyl groups is 1. The maximum Gasteiger partial charge on any atom is 0.339 e. The molecule has 0 atom stereocenters. The van der Waals surface area contributed by atoms with Crippen LogP contribution >= 0.6 is 0 Å². The summed E-state index contributed by atoms with van der Waals surface area (Å²) < 4.78 is 0. The van der Waals surface area contributed by atoms with Gasteiger partial charge in [-0.05, 0) is 17.7 Å². The fraction of sp³-hybridized carbons (Fsp3) is 0.0909. The summed E-state index contributed by atoms with van der Waals surface area (Å²) >= 11 is 0. The molecule has 16 heavy (non-hydrogen) atoms. The highest BCUT2D eigenvalue weighted by atomic mass is 16.4. The smallest absolute Gasteiger partial charge is 0.339 e. The van der Waals surface area contributed by atoms with E-state index in [9.17, 15) is 14.7 Å². The maximum atomic E-state index is 10.6. The van der Waals surface area contributed by atoms with E-state index < -0.39 is 11.9 Å². The first-order valence-corrected chi connectivity index (χ1v) is 4.45. The van der Waals surface area contributed by atoms with Gasteiger partial charge in [0.05, 0.1) is 6.42 Å². The lowest BCUT2D eigenvalue weighted by Gasteiger charge is -2.00. The summed E-state index contributed by atoms with van der Waals surface area (Å²) in [6, 6.07) is 4.02. The van der Waals surface area contributed by atoms with Gasteiger partial charge in [0.1, 0.15) is 11.3 Å². The third kappa shape index (κ3) is 3.13. The molecule has 0 bridgehead atoms. The van der Waals surface area contributed by atoms with E-state index in [0.717, 1.165) is 0 Å². The molecule has 0 saturated carbocycles. The van der Waals surface area contributed by atoms with Crippen molar-refractivity contribution in [2.75, 3.05) is 0 Å². The van der Waals surface area contributed by atoms with Crippen molar-refractivity contribution in [3.63, 3.8) is 0 Å². The van der Waals surface area contributed by atoms with Gasteiger partial charge < -0.3 is 15.3 Å². The van der Waals surface area contributed by atoms with Crippen LogP contribution in [-0.2, 0) is 4.79 Å². The first kappa shape index (κ1) is 11.8. The first-order valence-electron chi connectivity index (χ1n) is 4.45. The Morgan fingerprint density at radius 3 is 2.44 bits per heavy atom. The molecule has 0 heterocycles. The lowest BCUT2D eigenvalue weighted by Crippen LogP contribution is -1.96. The lowest BCUT2D eigenvalue weighted by molar-refractivity contribution is -0.135. The van der Waals surface area contributed by atoms with Crippen molar-refractivity contribution in [2.24, 2.45) is 0 Å². The van der Waals surface area contributed by atoms with Gasteiger partial charge in [-0.3, -0.25) is 4.79 Å². The molecular weight excluding hydrogens is 212 g/mol. The van der Waals surface area contributed by atoms with Crippen molar-refractivity contribution in [1.82, 2.24) is 0 Å². The average Bonchev–Trinajstić information content (AvgIpc) is 2.16. The summed E-state index contributed by atoms with van der Waals surface area (Å²) in [4.78, 5) is 20.8. The molecule has 1 aromatic carbocycles. The fourth-order valence-corrected chi connectivity index (χ4v) is 1.13. The lowest BCUT2D eigenvalue weighted by atomic mass is 10.1. The van der Waals surface area contributed by atoms with E-state index in [0.29, 0.717) is 5.56 Å². The van der Waals surface area contributed by atoms with E-state index in [1.54, 1.807) is 0 Å². The minimum atomic E-state index is -1.21. The van der Waals surface area contributed by atoms with Crippen molar-refractivity contribution >= 4 is 18.0 Å². The van der Waals surface area contributed by atoms with Crippen LogP contribution in [0.3, 0.4) is 0 Å². The van der Waals surface area contributed by atoms with Gasteiger partial charge in [0.15, 0.2) is 0 Å². The zero-order chi connectivity index (χ0) is 12.1. The molecule has 0 radical (unpaired) electrons. The Bertz CT molecular complexity index is 448. The van der Waals surface area contributed by atoms with Crippen LogP contribution < -0.4 is 0 Å². The van der Waals surface area contributed by atoms with Crippen molar-refractivity contribution in [3.05, 3.63) is 35.4 Å². The molecule has 1 aromatic rings. The predicted molar refractivity (Wildman–Crippen MR) is 56.4 cm³/mol. The minimum Gasteiger partial charge on any atom is -0.507 e. The molecule has 0 saturated heterocycles. The van der Waals surface area contributed by atoms with Gasteiger partial charge in [0.2, 0.25) is 0 Å². The summed E-state index contributed by atoms with van der Waals surface area (Å²) in [5.74, 6) is -2.51. The number of aliphatic carboxylic acids is 1. The molecule has 0 aliphatic heterocycles. The van der Waals surface area contributed by atoms with E-state index in [1.165, 1.54) is 30.4 Å². The summed E-state index contributed by atoms with van der Waals surface area (Å²) in [6.45, 7) is 0. The second kappa shape index (κ2) is 4.97. The molecule has 1 rings (SSSR count). The molecule has 0 unspecified atom stereocenters. The summed E-state index contributed by atoms with van der Waals surface area (Å²) in [5, 5.41) is 26.4. The number of hydrogen-bond donors (Lipinski definition) is 3. The molecule has 0 spiro atoms. The first-order chi connectivity index (χ1) is 7.50. The SMILES string of the molecule is O=C(O)CC=Cc1ccc(C(=O)O)c(O)c1. The highest BCUT2D eigenvalue weighted by Crippen LogP contribution is 2.19. The van der Waals surface area contributed by atoms with Gasteiger partial charge in [-0.15, -0.1) is 0 Å². The fourth-order valence-electron chi connectivity index (χ4n) is 1.13. The third-order valence-electron chi connectivity index (χ3n) is 1.85. The molecular formula is C11H10O5. The van der Waals surface area contributed by atoms with Crippen molar-refractivity contribution in [1.29, 1.82) is 0 Å². The zero-order valence-corrected chi connectivity index (χ0v) is 8.25. The van der Waals surface area contributed by atoms with E-state index in [2.05, 4.69) is 0 Å². The summed E-state index contributed by atoms with van der Waals surface area (Å²) in [6.07, 6.45) is 2.79. The van der Waals surface area contributed by atoms with Gasteiger partial charge in [0.25, 0.3) is 0 Å². The molecule has 0 aromatic heterocycles. The van der Waals surface area contributed by atoms with E-state index in [1.807, 2.05) is 0 Å². The maximum absolute atomic E-state index is 10.6. The highest BCUT2D eigenvalue weighted by molar-refractivity contribution is 5.91. The normalized spacial score (nSPS) is 10.5. The topological polar surface area (TPSA) is 94.8 Å². The van der Waals surface area contributed by atoms with Gasteiger partial charge in [0, 0.05) is 0 Å². The Morgan fingerprint density at radius 1 is 1.25 bits per heavy atom. The molecule has 3 N–H and O–H groups in total.